The number of nitrogens with zero attached hydrogens (tertiary/aromatic N) is 2. The predicted octanol–water partition coefficient (Wildman–Crippen LogP) is 2.46. The van der Waals surface area contributed by atoms with Gasteiger partial charge in [0.2, 0.25) is 0 Å². The monoisotopic (exact) mass is 291 g/mol. The second kappa shape index (κ2) is 7.94. The zero-order valence-corrected chi connectivity index (χ0v) is 12.2. The third kappa shape index (κ3) is 4.56. The largest absolute Gasteiger partial charge is 0.383 e. The van der Waals surface area contributed by atoms with Crippen molar-refractivity contribution < 1.29 is 4.74 Å². The lowest BCUT2D eigenvalue weighted by Crippen LogP contribution is -2.18. The quantitative estimate of drug-likeness (QED) is 0.796. The molecule has 0 fully saturated rings. The SMILES string of the molecule is COCCNCc1cnc(Cc2ccccc2Cl)nc1. The molecule has 0 amide bonds. The topological polar surface area (TPSA) is 47.0 Å². The van der Waals surface area contributed by atoms with Gasteiger partial charge < -0.3 is 10.1 Å². The first-order valence-corrected chi connectivity index (χ1v) is 6.90. The standard InChI is InChI=1S/C15H18ClN3O/c1-20-7-6-17-9-12-10-18-15(19-11-12)8-13-4-2-3-5-14(13)16/h2-5,10-11,17H,6-9H2,1H3. The summed E-state index contributed by atoms with van der Waals surface area (Å²) in [4.78, 5) is 8.75. The van der Waals surface area contributed by atoms with Gasteiger partial charge in [-0.15, -0.1) is 0 Å². The smallest absolute Gasteiger partial charge is 0.132 e. The van der Waals surface area contributed by atoms with Gasteiger partial charge in [-0.05, 0) is 11.6 Å². The molecule has 5 heteroatoms. The number of benzene rings is 1. The third-order valence-electron chi connectivity index (χ3n) is 2.88. The Kier molecular flexibility index (Phi) is 5.92. The first kappa shape index (κ1) is 14.9. The van der Waals surface area contributed by atoms with Crippen molar-refractivity contribution in [1.82, 2.24) is 15.3 Å². The van der Waals surface area contributed by atoms with Crippen LogP contribution in [-0.4, -0.2) is 30.2 Å². The summed E-state index contributed by atoms with van der Waals surface area (Å²) in [5.41, 5.74) is 2.10. The van der Waals surface area contributed by atoms with Gasteiger partial charge in [-0.2, -0.15) is 0 Å². The van der Waals surface area contributed by atoms with Crippen LogP contribution in [0.25, 0.3) is 0 Å². The Labute approximate surface area is 124 Å². The molecule has 0 saturated heterocycles. The molecule has 0 saturated carbocycles. The number of ether oxygens (including phenoxy) is 1. The number of aromatic nitrogens is 2. The summed E-state index contributed by atoms with van der Waals surface area (Å²) in [6.07, 6.45) is 4.34. The molecule has 0 aliphatic rings. The highest BCUT2D eigenvalue weighted by Crippen LogP contribution is 2.17. The van der Waals surface area contributed by atoms with Gasteiger partial charge in [0.1, 0.15) is 5.82 Å². The Morgan fingerprint density at radius 1 is 1.20 bits per heavy atom. The molecule has 1 N–H and O–H groups in total. The molecule has 2 rings (SSSR count). The van der Waals surface area contributed by atoms with Crippen LogP contribution in [-0.2, 0) is 17.7 Å². The molecular formula is C15H18ClN3O. The number of hydrogen-bond acceptors (Lipinski definition) is 4. The van der Waals surface area contributed by atoms with Crippen LogP contribution < -0.4 is 5.32 Å². The lowest BCUT2D eigenvalue weighted by Gasteiger charge is -2.05. The van der Waals surface area contributed by atoms with Crippen LogP contribution >= 0.6 is 11.6 Å². The van der Waals surface area contributed by atoms with E-state index in [9.17, 15) is 0 Å². The number of rotatable bonds is 7. The molecule has 2 aromatic rings. The maximum Gasteiger partial charge on any atom is 0.132 e. The molecule has 1 aromatic heterocycles. The third-order valence-corrected chi connectivity index (χ3v) is 3.25. The van der Waals surface area contributed by atoms with E-state index in [1.54, 1.807) is 7.11 Å². The summed E-state index contributed by atoms with van der Waals surface area (Å²) in [6.45, 7) is 2.26. The number of methoxy groups -OCH3 is 1. The van der Waals surface area contributed by atoms with E-state index in [1.165, 1.54) is 0 Å². The van der Waals surface area contributed by atoms with E-state index in [0.29, 0.717) is 13.0 Å². The molecule has 106 valence electrons. The molecule has 0 aliphatic carbocycles. The van der Waals surface area contributed by atoms with Crippen molar-refractivity contribution in [1.29, 1.82) is 0 Å². The molecule has 0 atom stereocenters. The van der Waals surface area contributed by atoms with Gasteiger partial charge in [0, 0.05) is 49.6 Å². The average molecular weight is 292 g/mol. The minimum absolute atomic E-state index is 0.650. The summed E-state index contributed by atoms with van der Waals surface area (Å²) in [6, 6.07) is 7.76. The van der Waals surface area contributed by atoms with Crippen LogP contribution in [0, 0.1) is 0 Å². The van der Waals surface area contributed by atoms with E-state index in [-0.39, 0.29) is 0 Å². The van der Waals surface area contributed by atoms with Crippen LogP contribution in [0.15, 0.2) is 36.7 Å². The second-order valence-electron chi connectivity index (χ2n) is 4.45. The zero-order valence-electron chi connectivity index (χ0n) is 11.5. The molecule has 20 heavy (non-hydrogen) atoms. The van der Waals surface area contributed by atoms with Gasteiger partial charge >= 0.3 is 0 Å². The van der Waals surface area contributed by atoms with Crippen molar-refractivity contribution in [3.63, 3.8) is 0 Å². The van der Waals surface area contributed by atoms with E-state index >= 15 is 0 Å². The highest BCUT2D eigenvalue weighted by atomic mass is 35.5. The van der Waals surface area contributed by atoms with Gasteiger partial charge in [0.25, 0.3) is 0 Å². The van der Waals surface area contributed by atoms with Gasteiger partial charge in [0.15, 0.2) is 0 Å². The highest BCUT2D eigenvalue weighted by molar-refractivity contribution is 6.31. The van der Waals surface area contributed by atoms with Crippen LogP contribution in [0.4, 0.5) is 0 Å². The van der Waals surface area contributed by atoms with Crippen LogP contribution in [0.3, 0.4) is 0 Å². The summed E-state index contributed by atoms with van der Waals surface area (Å²) >= 11 is 6.13. The molecule has 1 heterocycles. The molecule has 4 nitrogen and oxygen atoms in total. The van der Waals surface area contributed by atoms with Crippen molar-refractivity contribution in [3.8, 4) is 0 Å². The first-order valence-electron chi connectivity index (χ1n) is 6.52. The average Bonchev–Trinajstić information content (AvgIpc) is 2.48. The fraction of sp³-hybridized carbons (Fsp3) is 0.333. The Hall–Kier alpha value is -1.49. The summed E-state index contributed by atoms with van der Waals surface area (Å²) < 4.78 is 4.97. The normalized spacial score (nSPS) is 10.7. The molecule has 0 spiro atoms. The lowest BCUT2D eigenvalue weighted by molar-refractivity contribution is 0.199. The fourth-order valence-corrected chi connectivity index (χ4v) is 1.99. The molecule has 0 unspecified atom stereocenters. The predicted molar refractivity (Wildman–Crippen MR) is 79.9 cm³/mol. The molecule has 1 aromatic carbocycles. The van der Waals surface area contributed by atoms with Crippen molar-refractivity contribution in [2.24, 2.45) is 0 Å². The zero-order chi connectivity index (χ0) is 14.2. The van der Waals surface area contributed by atoms with Gasteiger partial charge in [-0.25, -0.2) is 9.97 Å². The summed E-state index contributed by atoms with van der Waals surface area (Å²) in [7, 11) is 1.69. The Morgan fingerprint density at radius 2 is 1.95 bits per heavy atom. The minimum Gasteiger partial charge on any atom is -0.383 e. The Bertz CT molecular complexity index is 531. The fourth-order valence-electron chi connectivity index (χ4n) is 1.78. The van der Waals surface area contributed by atoms with Crippen molar-refractivity contribution in [3.05, 3.63) is 58.6 Å². The number of halogens is 1. The van der Waals surface area contributed by atoms with E-state index in [1.807, 2.05) is 36.7 Å². The van der Waals surface area contributed by atoms with Gasteiger partial charge in [-0.1, -0.05) is 29.8 Å². The Morgan fingerprint density at radius 3 is 2.65 bits per heavy atom. The summed E-state index contributed by atoms with van der Waals surface area (Å²) in [5.74, 6) is 0.777. The van der Waals surface area contributed by atoms with E-state index in [4.69, 9.17) is 16.3 Å². The first-order chi connectivity index (χ1) is 9.79. The second-order valence-corrected chi connectivity index (χ2v) is 4.85. The van der Waals surface area contributed by atoms with Crippen molar-refractivity contribution in [2.45, 2.75) is 13.0 Å². The number of nitrogens with one attached hydrogen (secondary N) is 1. The van der Waals surface area contributed by atoms with Crippen LogP contribution in [0.2, 0.25) is 5.02 Å². The van der Waals surface area contributed by atoms with Gasteiger partial charge in [-0.3, -0.25) is 0 Å². The number of hydrogen-bond donors (Lipinski definition) is 1. The van der Waals surface area contributed by atoms with E-state index in [2.05, 4.69) is 15.3 Å². The minimum atomic E-state index is 0.650. The Balaban J connectivity index is 1.90. The van der Waals surface area contributed by atoms with Crippen molar-refractivity contribution >= 4 is 11.6 Å². The molecular weight excluding hydrogens is 274 g/mol. The molecule has 0 radical (unpaired) electrons. The van der Waals surface area contributed by atoms with Crippen LogP contribution in [0.1, 0.15) is 17.0 Å². The maximum atomic E-state index is 6.13. The van der Waals surface area contributed by atoms with E-state index in [0.717, 1.165) is 35.1 Å². The van der Waals surface area contributed by atoms with E-state index < -0.39 is 0 Å². The lowest BCUT2D eigenvalue weighted by atomic mass is 10.1. The molecule has 0 bridgehead atoms. The van der Waals surface area contributed by atoms with Crippen molar-refractivity contribution in [2.75, 3.05) is 20.3 Å². The highest BCUT2D eigenvalue weighted by Gasteiger charge is 2.03. The molecule has 0 aliphatic heterocycles. The summed E-state index contributed by atoms with van der Waals surface area (Å²) in [5, 5.41) is 4.01. The maximum absolute atomic E-state index is 6.13. The van der Waals surface area contributed by atoms with Gasteiger partial charge in [0.05, 0.1) is 6.61 Å². The van der Waals surface area contributed by atoms with Crippen LogP contribution in [0.5, 0.6) is 0 Å².